The van der Waals surface area contributed by atoms with E-state index in [1.807, 2.05) is 12.3 Å². The second-order valence-electron chi connectivity index (χ2n) is 6.02. The van der Waals surface area contributed by atoms with E-state index in [1.54, 1.807) is 13.3 Å². The highest BCUT2D eigenvalue weighted by atomic mass is 16.5. The Bertz CT molecular complexity index is 578. The third kappa shape index (κ3) is 4.12. The lowest BCUT2D eigenvalue weighted by atomic mass is 10.0. The van der Waals surface area contributed by atoms with Gasteiger partial charge in [0, 0.05) is 24.5 Å². The molecule has 3 rings (SSSR count). The van der Waals surface area contributed by atoms with E-state index >= 15 is 0 Å². The average molecular weight is 314 g/mol. The first kappa shape index (κ1) is 16.0. The fraction of sp³-hybridized carbons (Fsp3) is 0.500. The molecule has 1 aliphatic rings. The van der Waals surface area contributed by atoms with Gasteiger partial charge in [0.15, 0.2) is 0 Å². The quantitative estimate of drug-likeness (QED) is 0.825. The third-order valence-electron chi connectivity index (χ3n) is 4.51. The summed E-state index contributed by atoms with van der Waals surface area (Å²) in [7, 11) is 1.75. The smallest absolute Gasteiger partial charge is 0.123 e. The van der Waals surface area contributed by atoms with E-state index in [1.165, 1.54) is 24.8 Å². The summed E-state index contributed by atoms with van der Waals surface area (Å²) < 4.78 is 5.60. The number of likely N-dealkylation sites (tertiary alicyclic amines) is 1. The van der Waals surface area contributed by atoms with Crippen LogP contribution in [0.2, 0.25) is 0 Å². The van der Waals surface area contributed by atoms with Gasteiger partial charge in [0.25, 0.3) is 0 Å². The number of nitrogens with zero attached hydrogens (tertiary/aromatic N) is 2. The van der Waals surface area contributed by atoms with Crippen molar-refractivity contribution < 1.29 is 4.74 Å². The number of piperidine rings is 1. The van der Waals surface area contributed by atoms with Gasteiger partial charge in [-0.15, -0.1) is 0 Å². The average Bonchev–Trinajstić information content (AvgIpc) is 3.13. The van der Waals surface area contributed by atoms with Crippen LogP contribution in [0.5, 0.6) is 5.75 Å². The van der Waals surface area contributed by atoms with Crippen molar-refractivity contribution >= 4 is 0 Å². The predicted octanol–water partition coefficient (Wildman–Crippen LogP) is 2.74. The Kier molecular flexibility index (Phi) is 5.66. The first-order valence-electron chi connectivity index (χ1n) is 8.44. The van der Waals surface area contributed by atoms with E-state index in [4.69, 9.17) is 4.74 Å². The summed E-state index contributed by atoms with van der Waals surface area (Å²) in [6, 6.07) is 8.71. The van der Waals surface area contributed by atoms with Gasteiger partial charge >= 0.3 is 0 Å². The number of H-pyrrole nitrogens is 1. The largest absolute Gasteiger partial charge is 0.496 e. The molecule has 1 fully saturated rings. The molecule has 1 saturated heterocycles. The Morgan fingerprint density at radius 1 is 1.26 bits per heavy atom. The number of aromatic amines is 1. The van der Waals surface area contributed by atoms with Crippen molar-refractivity contribution in [2.45, 2.75) is 31.8 Å². The van der Waals surface area contributed by atoms with Gasteiger partial charge < -0.3 is 15.0 Å². The van der Waals surface area contributed by atoms with E-state index in [2.05, 4.69) is 38.4 Å². The lowest BCUT2D eigenvalue weighted by Gasteiger charge is -2.35. The summed E-state index contributed by atoms with van der Waals surface area (Å²) in [5.74, 6) is 1.95. The van der Waals surface area contributed by atoms with Gasteiger partial charge in [-0.2, -0.15) is 0 Å². The van der Waals surface area contributed by atoms with Crippen molar-refractivity contribution in [3.05, 3.63) is 48.0 Å². The summed E-state index contributed by atoms with van der Waals surface area (Å²) in [4.78, 5) is 10.00. The molecule has 0 saturated carbocycles. The van der Waals surface area contributed by atoms with Crippen LogP contribution in [-0.2, 0) is 6.54 Å². The van der Waals surface area contributed by atoms with Crippen molar-refractivity contribution in [3.8, 4) is 5.75 Å². The van der Waals surface area contributed by atoms with Crippen LogP contribution >= 0.6 is 0 Å². The van der Waals surface area contributed by atoms with E-state index in [0.717, 1.165) is 37.8 Å². The van der Waals surface area contributed by atoms with Gasteiger partial charge in [0.1, 0.15) is 11.6 Å². The zero-order valence-electron chi connectivity index (χ0n) is 13.8. The molecule has 2 aromatic rings. The summed E-state index contributed by atoms with van der Waals surface area (Å²) in [6.45, 7) is 3.96. The predicted molar refractivity (Wildman–Crippen MR) is 91.5 cm³/mol. The highest BCUT2D eigenvalue weighted by Gasteiger charge is 2.24. The molecule has 0 aliphatic carbocycles. The topological polar surface area (TPSA) is 53.2 Å². The molecule has 5 heteroatoms. The molecule has 1 aromatic heterocycles. The number of rotatable bonds is 7. The van der Waals surface area contributed by atoms with Crippen LogP contribution in [0.25, 0.3) is 0 Å². The Morgan fingerprint density at radius 2 is 2.09 bits per heavy atom. The summed E-state index contributed by atoms with van der Waals surface area (Å²) in [5.41, 5.74) is 1.27. The first-order valence-corrected chi connectivity index (χ1v) is 8.44. The van der Waals surface area contributed by atoms with E-state index in [-0.39, 0.29) is 0 Å². The molecule has 23 heavy (non-hydrogen) atoms. The van der Waals surface area contributed by atoms with Crippen LogP contribution in [0, 0.1) is 0 Å². The van der Waals surface area contributed by atoms with Crippen molar-refractivity contribution in [1.82, 2.24) is 20.2 Å². The normalized spacial score (nSPS) is 17.1. The molecule has 124 valence electrons. The lowest BCUT2D eigenvalue weighted by Crippen LogP contribution is -2.39. The molecule has 1 aliphatic heterocycles. The number of para-hydroxylation sites is 1. The summed E-state index contributed by atoms with van der Waals surface area (Å²) >= 11 is 0. The Hall–Kier alpha value is -1.85. The van der Waals surface area contributed by atoms with Crippen LogP contribution in [0.3, 0.4) is 0 Å². The minimum atomic E-state index is 0.335. The third-order valence-corrected chi connectivity index (χ3v) is 4.51. The number of nitrogens with one attached hydrogen (secondary N) is 2. The van der Waals surface area contributed by atoms with E-state index in [0.29, 0.717) is 6.04 Å². The highest BCUT2D eigenvalue weighted by Crippen LogP contribution is 2.30. The molecule has 2 heterocycles. The lowest BCUT2D eigenvalue weighted by molar-refractivity contribution is 0.157. The zero-order chi connectivity index (χ0) is 15.9. The fourth-order valence-electron chi connectivity index (χ4n) is 3.33. The molecule has 0 bridgehead atoms. The molecule has 0 amide bonds. The SMILES string of the molecule is COc1ccccc1C(CNCc1ncc[nH]1)N1CCCCC1. The van der Waals surface area contributed by atoms with Gasteiger partial charge in [-0.1, -0.05) is 24.6 Å². The Balaban J connectivity index is 1.72. The molecule has 0 radical (unpaired) electrons. The number of hydrogen-bond donors (Lipinski definition) is 2. The maximum absolute atomic E-state index is 5.60. The van der Waals surface area contributed by atoms with Crippen molar-refractivity contribution in [2.75, 3.05) is 26.7 Å². The van der Waals surface area contributed by atoms with Crippen LogP contribution < -0.4 is 10.1 Å². The molecule has 1 atom stereocenters. The summed E-state index contributed by atoms with van der Waals surface area (Å²) in [6.07, 6.45) is 7.56. The zero-order valence-corrected chi connectivity index (χ0v) is 13.8. The highest BCUT2D eigenvalue weighted by molar-refractivity contribution is 5.36. The fourth-order valence-corrected chi connectivity index (χ4v) is 3.33. The molecule has 0 spiro atoms. The monoisotopic (exact) mass is 314 g/mol. The molecule has 5 nitrogen and oxygen atoms in total. The Labute approximate surface area is 138 Å². The van der Waals surface area contributed by atoms with Gasteiger partial charge in [0.05, 0.1) is 19.7 Å². The van der Waals surface area contributed by atoms with Gasteiger partial charge in [-0.25, -0.2) is 4.98 Å². The molecular weight excluding hydrogens is 288 g/mol. The van der Waals surface area contributed by atoms with Crippen LogP contribution in [0.15, 0.2) is 36.7 Å². The number of aromatic nitrogens is 2. The maximum atomic E-state index is 5.60. The van der Waals surface area contributed by atoms with Crippen LogP contribution in [-0.4, -0.2) is 41.6 Å². The number of methoxy groups -OCH3 is 1. The van der Waals surface area contributed by atoms with Crippen LogP contribution in [0.1, 0.15) is 36.7 Å². The minimum Gasteiger partial charge on any atom is -0.496 e. The van der Waals surface area contributed by atoms with Crippen molar-refractivity contribution in [1.29, 1.82) is 0 Å². The molecule has 2 N–H and O–H groups in total. The first-order chi connectivity index (χ1) is 11.4. The molecule has 1 unspecified atom stereocenters. The number of imidazole rings is 1. The van der Waals surface area contributed by atoms with Gasteiger partial charge in [-0.3, -0.25) is 4.90 Å². The molecule has 1 aromatic carbocycles. The van der Waals surface area contributed by atoms with Crippen molar-refractivity contribution in [2.24, 2.45) is 0 Å². The number of ether oxygens (including phenoxy) is 1. The minimum absolute atomic E-state index is 0.335. The van der Waals surface area contributed by atoms with Crippen molar-refractivity contribution in [3.63, 3.8) is 0 Å². The summed E-state index contributed by atoms with van der Waals surface area (Å²) in [5, 5.41) is 3.54. The van der Waals surface area contributed by atoms with E-state index < -0.39 is 0 Å². The maximum Gasteiger partial charge on any atom is 0.123 e. The standard InChI is InChI=1S/C18H26N4O/c1-23-17-8-4-3-7-15(17)16(22-11-5-2-6-12-22)13-19-14-18-20-9-10-21-18/h3-4,7-10,16,19H,2,5-6,11-14H2,1H3,(H,20,21). The number of benzene rings is 1. The van der Waals surface area contributed by atoms with Gasteiger partial charge in [0.2, 0.25) is 0 Å². The number of hydrogen-bond acceptors (Lipinski definition) is 4. The van der Waals surface area contributed by atoms with Crippen LogP contribution in [0.4, 0.5) is 0 Å². The second-order valence-corrected chi connectivity index (χ2v) is 6.02. The van der Waals surface area contributed by atoms with E-state index in [9.17, 15) is 0 Å². The second kappa shape index (κ2) is 8.13. The molecular formula is C18H26N4O. The van der Waals surface area contributed by atoms with Gasteiger partial charge in [-0.05, 0) is 32.0 Å². The Morgan fingerprint density at radius 3 is 2.83 bits per heavy atom.